The highest BCUT2D eigenvalue weighted by Crippen LogP contribution is 2.19. The summed E-state index contributed by atoms with van der Waals surface area (Å²) in [6.07, 6.45) is -1.46. The van der Waals surface area contributed by atoms with Crippen LogP contribution in [0.1, 0.15) is 12.8 Å². The van der Waals surface area contributed by atoms with E-state index in [4.69, 9.17) is 10.2 Å². The maximum absolute atomic E-state index is 10.7. The molecule has 0 aliphatic heterocycles. The van der Waals surface area contributed by atoms with Gasteiger partial charge in [0.1, 0.15) is 5.78 Å². The van der Waals surface area contributed by atoms with E-state index >= 15 is 0 Å². The van der Waals surface area contributed by atoms with E-state index in [9.17, 15) is 4.79 Å². The van der Waals surface area contributed by atoms with E-state index in [-0.39, 0.29) is 18.6 Å². The molecule has 2 N–H and O–H groups in total. The standard InChI is InChI=1S/C7H10O3/c1-4-6(9)2-5(8)3-7(4)10/h6-7,9-10H,1-3H2/t6-,7-/m1/s1. The van der Waals surface area contributed by atoms with Gasteiger partial charge in [-0.25, -0.2) is 0 Å². The third kappa shape index (κ3) is 1.25. The van der Waals surface area contributed by atoms with Gasteiger partial charge in [0.15, 0.2) is 0 Å². The number of aliphatic hydroxyl groups is 2. The Balaban J connectivity index is 2.66. The maximum atomic E-state index is 10.7. The Morgan fingerprint density at radius 2 is 1.70 bits per heavy atom. The molecule has 56 valence electrons. The second-order valence-electron chi connectivity index (χ2n) is 2.55. The van der Waals surface area contributed by atoms with E-state index in [2.05, 4.69) is 6.58 Å². The first-order valence-corrected chi connectivity index (χ1v) is 3.18. The zero-order valence-corrected chi connectivity index (χ0v) is 5.58. The second-order valence-corrected chi connectivity index (χ2v) is 2.55. The van der Waals surface area contributed by atoms with Crippen LogP contribution in [-0.4, -0.2) is 28.2 Å². The number of carbonyl (C=O) groups is 1. The molecule has 1 saturated carbocycles. The van der Waals surface area contributed by atoms with Gasteiger partial charge in [0.25, 0.3) is 0 Å². The Kier molecular flexibility index (Phi) is 1.87. The van der Waals surface area contributed by atoms with Crippen molar-refractivity contribution in [2.24, 2.45) is 0 Å². The highest BCUT2D eigenvalue weighted by Gasteiger charge is 2.27. The van der Waals surface area contributed by atoms with Gasteiger partial charge in [-0.3, -0.25) is 4.79 Å². The Morgan fingerprint density at radius 1 is 1.30 bits per heavy atom. The summed E-state index contributed by atoms with van der Waals surface area (Å²) in [6.45, 7) is 3.46. The van der Waals surface area contributed by atoms with Crippen LogP contribution in [0, 0.1) is 0 Å². The first-order valence-electron chi connectivity index (χ1n) is 3.18. The molecule has 0 radical (unpaired) electrons. The minimum atomic E-state index is -0.837. The smallest absolute Gasteiger partial charge is 0.138 e. The van der Waals surface area contributed by atoms with Crippen LogP contribution >= 0.6 is 0 Å². The van der Waals surface area contributed by atoms with Crippen LogP contribution in [-0.2, 0) is 4.79 Å². The Hall–Kier alpha value is -0.670. The summed E-state index contributed by atoms with van der Waals surface area (Å²) in [6, 6.07) is 0. The fraction of sp³-hybridized carbons (Fsp3) is 0.571. The topological polar surface area (TPSA) is 57.5 Å². The molecule has 1 aliphatic rings. The fourth-order valence-corrected chi connectivity index (χ4v) is 0.999. The summed E-state index contributed by atoms with van der Waals surface area (Å²) in [5, 5.41) is 18.1. The lowest BCUT2D eigenvalue weighted by molar-refractivity contribution is -0.124. The van der Waals surface area contributed by atoms with E-state index < -0.39 is 12.2 Å². The van der Waals surface area contributed by atoms with Crippen LogP contribution in [0.25, 0.3) is 0 Å². The van der Waals surface area contributed by atoms with Crippen molar-refractivity contribution in [3.05, 3.63) is 12.2 Å². The molecule has 3 nitrogen and oxygen atoms in total. The molecule has 0 aromatic rings. The van der Waals surface area contributed by atoms with Crippen molar-refractivity contribution in [3.8, 4) is 0 Å². The number of hydrogen-bond acceptors (Lipinski definition) is 3. The van der Waals surface area contributed by atoms with E-state index in [1.165, 1.54) is 0 Å². The first kappa shape index (κ1) is 7.44. The van der Waals surface area contributed by atoms with Crippen molar-refractivity contribution in [3.63, 3.8) is 0 Å². The zero-order chi connectivity index (χ0) is 7.72. The molecular weight excluding hydrogens is 132 g/mol. The predicted molar refractivity (Wildman–Crippen MR) is 35.4 cm³/mol. The third-order valence-electron chi connectivity index (χ3n) is 1.70. The van der Waals surface area contributed by atoms with E-state index in [1.54, 1.807) is 0 Å². The van der Waals surface area contributed by atoms with Gasteiger partial charge in [0, 0.05) is 12.8 Å². The van der Waals surface area contributed by atoms with Crippen LogP contribution < -0.4 is 0 Å². The van der Waals surface area contributed by atoms with Crippen LogP contribution in [0.3, 0.4) is 0 Å². The van der Waals surface area contributed by atoms with E-state index in [0.717, 1.165) is 0 Å². The van der Waals surface area contributed by atoms with Gasteiger partial charge in [0.2, 0.25) is 0 Å². The molecule has 0 heterocycles. The number of carbonyl (C=O) groups excluding carboxylic acids is 1. The highest BCUT2D eigenvalue weighted by atomic mass is 16.3. The molecule has 0 aromatic heterocycles. The molecule has 0 amide bonds. The van der Waals surface area contributed by atoms with Crippen molar-refractivity contribution < 1.29 is 15.0 Å². The molecule has 1 rings (SSSR count). The summed E-state index contributed by atoms with van der Waals surface area (Å²) in [7, 11) is 0. The molecule has 1 fully saturated rings. The van der Waals surface area contributed by atoms with Crippen molar-refractivity contribution in [1.29, 1.82) is 0 Å². The Labute approximate surface area is 59.0 Å². The van der Waals surface area contributed by atoms with Gasteiger partial charge in [-0.05, 0) is 5.57 Å². The average Bonchev–Trinajstić information content (AvgIpc) is 1.82. The molecule has 0 saturated heterocycles. The Morgan fingerprint density at radius 3 is 2.10 bits per heavy atom. The van der Waals surface area contributed by atoms with Gasteiger partial charge in [-0.15, -0.1) is 0 Å². The van der Waals surface area contributed by atoms with Crippen molar-refractivity contribution in [2.45, 2.75) is 25.0 Å². The maximum Gasteiger partial charge on any atom is 0.138 e. The van der Waals surface area contributed by atoms with Crippen LogP contribution in [0.2, 0.25) is 0 Å². The van der Waals surface area contributed by atoms with Gasteiger partial charge in [-0.1, -0.05) is 6.58 Å². The number of ketones is 1. The van der Waals surface area contributed by atoms with E-state index in [1.807, 2.05) is 0 Å². The minimum Gasteiger partial charge on any atom is -0.388 e. The summed E-state index contributed by atoms with van der Waals surface area (Å²) in [5.74, 6) is -0.104. The Bertz CT molecular complexity index is 158. The highest BCUT2D eigenvalue weighted by molar-refractivity contribution is 5.81. The molecule has 0 spiro atoms. The summed E-state index contributed by atoms with van der Waals surface area (Å²) in [4.78, 5) is 10.7. The molecule has 0 bridgehead atoms. The molecule has 0 unspecified atom stereocenters. The lowest BCUT2D eigenvalue weighted by Gasteiger charge is -2.23. The fourth-order valence-electron chi connectivity index (χ4n) is 0.999. The normalized spacial score (nSPS) is 34.6. The molecular formula is C7H10O3. The molecule has 1 aliphatic carbocycles. The summed E-state index contributed by atoms with van der Waals surface area (Å²) >= 11 is 0. The lowest BCUT2D eigenvalue weighted by atomic mass is 9.90. The predicted octanol–water partition coefficient (Wildman–Crippen LogP) is -0.373. The van der Waals surface area contributed by atoms with E-state index in [0.29, 0.717) is 5.57 Å². The van der Waals surface area contributed by atoms with Crippen LogP contribution in [0.15, 0.2) is 12.2 Å². The van der Waals surface area contributed by atoms with Gasteiger partial charge >= 0.3 is 0 Å². The molecule has 2 atom stereocenters. The average molecular weight is 142 g/mol. The second kappa shape index (κ2) is 2.52. The molecule has 3 heteroatoms. The number of hydrogen-bond donors (Lipinski definition) is 2. The molecule has 10 heavy (non-hydrogen) atoms. The third-order valence-corrected chi connectivity index (χ3v) is 1.70. The monoisotopic (exact) mass is 142 g/mol. The van der Waals surface area contributed by atoms with Crippen molar-refractivity contribution in [1.82, 2.24) is 0 Å². The number of rotatable bonds is 0. The van der Waals surface area contributed by atoms with Crippen molar-refractivity contribution in [2.75, 3.05) is 0 Å². The van der Waals surface area contributed by atoms with Gasteiger partial charge < -0.3 is 10.2 Å². The largest absolute Gasteiger partial charge is 0.388 e. The van der Waals surface area contributed by atoms with Gasteiger partial charge in [-0.2, -0.15) is 0 Å². The summed E-state index contributed by atoms with van der Waals surface area (Å²) in [5.41, 5.74) is 0.361. The number of aliphatic hydroxyl groups excluding tert-OH is 2. The SMILES string of the molecule is C=C1[C@H](O)CC(=O)C[C@H]1O. The number of Topliss-reactive ketones (excluding diaryl/α,β-unsaturated/α-hetero) is 1. The minimum absolute atomic E-state index is 0.104. The first-order chi connectivity index (χ1) is 4.61. The van der Waals surface area contributed by atoms with Crippen LogP contribution in [0.5, 0.6) is 0 Å². The lowest BCUT2D eigenvalue weighted by Crippen LogP contribution is -2.32. The van der Waals surface area contributed by atoms with Crippen LogP contribution in [0.4, 0.5) is 0 Å². The van der Waals surface area contributed by atoms with Crippen molar-refractivity contribution >= 4 is 5.78 Å². The van der Waals surface area contributed by atoms with Gasteiger partial charge in [0.05, 0.1) is 12.2 Å². The molecule has 0 aromatic carbocycles. The summed E-state index contributed by atoms with van der Waals surface area (Å²) < 4.78 is 0. The zero-order valence-electron chi connectivity index (χ0n) is 5.58. The quantitative estimate of drug-likeness (QED) is 0.453.